The van der Waals surface area contributed by atoms with Crippen molar-refractivity contribution in [1.29, 1.82) is 5.26 Å². The molecule has 0 bridgehead atoms. The van der Waals surface area contributed by atoms with Gasteiger partial charge in [-0.05, 0) is 43.9 Å². The lowest BCUT2D eigenvalue weighted by atomic mass is 9.69. The SMILES string of the molecule is COc1cc(C)cc(C)c1N(C)CC1(C#N)CCC1. The predicted octanol–water partition coefficient (Wildman–Crippen LogP) is 3.44. The molecule has 0 radical (unpaired) electrons. The number of nitriles is 1. The van der Waals surface area contributed by atoms with Gasteiger partial charge in [-0.15, -0.1) is 0 Å². The first-order valence-corrected chi connectivity index (χ1v) is 6.79. The van der Waals surface area contributed by atoms with Crippen molar-refractivity contribution in [2.45, 2.75) is 33.1 Å². The van der Waals surface area contributed by atoms with Crippen LogP contribution in [0.5, 0.6) is 5.75 Å². The largest absolute Gasteiger partial charge is 0.495 e. The van der Waals surface area contributed by atoms with E-state index in [0.29, 0.717) is 0 Å². The summed E-state index contributed by atoms with van der Waals surface area (Å²) in [5.74, 6) is 0.896. The minimum Gasteiger partial charge on any atom is -0.495 e. The Morgan fingerprint density at radius 3 is 2.53 bits per heavy atom. The minimum atomic E-state index is -0.156. The summed E-state index contributed by atoms with van der Waals surface area (Å²) in [6.07, 6.45) is 3.20. The summed E-state index contributed by atoms with van der Waals surface area (Å²) in [6.45, 7) is 4.95. The van der Waals surface area contributed by atoms with Gasteiger partial charge in [-0.25, -0.2) is 0 Å². The molecular formula is C16H22N2O. The molecule has 1 saturated carbocycles. The predicted molar refractivity (Wildman–Crippen MR) is 77.6 cm³/mol. The summed E-state index contributed by atoms with van der Waals surface area (Å²) in [5, 5.41) is 9.36. The van der Waals surface area contributed by atoms with E-state index in [1.165, 1.54) is 17.5 Å². The van der Waals surface area contributed by atoms with Crippen LogP contribution in [0.15, 0.2) is 12.1 Å². The number of anilines is 1. The molecule has 1 aliphatic rings. The molecule has 0 spiro atoms. The van der Waals surface area contributed by atoms with Crippen LogP contribution in [0, 0.1) is 30.6 Å². The Hall–Kier alpha value is -1.69. The lowest BCUT2D eigenvalue weighted by molar-refractivity contribution is 0.222. The first-order chi connectivity index (χ1) is 9.01. The summed E-state index contributed by atoms with van der Waals surface area (Å²) in [7, 11) is 3.76. The first-order valence-electron chi connectivity index (χ1n) is 6.79. The van der Waals surface area contributed by atoms with Gasteiger partial charge in [0.05, 0.1) is 24.3 Å². The van der Waals surface area contributed by atoms with Crippen LogP contribution < -0.4 is 9.64 Å². The van der Waals surface area contributed by atoms with Crippen molar-refractivity contribution < 1.29 is 4.74 Å². The minimum absolute atomic E-state index is 0.156. The van der Waals surface area contributed by atoms with Crippen LogP contribution in [0.4, 0.5) is 5.69 Å². The van der Waals surface area contributed by atoms with E-state index in [4.69, 9.17) is 4.74 Å². The third-order valence-corrected chi connectivity index (χ3v) is 4.10. The summed E-state index contributed by atoms with van der Waals surface area (Å²) in [6, 6.07) is 6.72. The second-order valence-electron chi connectivity index (χ2n) is 5.73. The van der Waals surface area contributed by atoms with Crippen molar-refractivity contribution >= 4 is 5.69 Å². The zero-order chi connectivity index (χ0) is 14.0. The van der Waals surface area contributed by atoms with E-state index in [1.54, 1.807) is 7.11 Å². The molecule has 0 aliphatic heterocycles. The second kappa shape index (κ2) is 5.13. The lowest BCUT2D eigenvalue weighted by Crippen LogP contribution is -2.40. The maximum atomic E-state index is 9.36. The van der Waals surface area contributed by atoms with Gasteiger partial charge in [0.25, 0.3) is 0 Å². The Bertz CT molecular complexity index is 512. The third-order valence-electron chi connectivity index (χ3n) is 4.10. The second-order valence-corrected chi connectivity index (χ2v) is 5.73. The Kier molecular flexibility index (Phi) is 3.71. The number of methoxy groups -OCH3 is 1. The molecule has 0 unspecified atom stereocenters. The molecule has 0 N–H and O–H groups in total. The van der Waals surface area contributed by atoms with Gasteiger partial charge in [-0.2, -0.15) is 5.26 Å². The number of hydrogen-bond donors (Lipinski definition) is 0. The fourth-order valence-corrected chi connectivity index (χ4v) is 3.01. The average Bonchev–Trinajstić information content (AvgIpc) is 2.32. The van der Waals surface area contributed by atoms with Crippen molar-refractivity contribution in [1.82, 2.24) is 0 Å². The van der Waals surface area contributed by atoms with Gasteiger partial charge in [0, 0.05) is 13.6 Å². The zero-order valence-corrected chi connectivity index (χ0v) is 12.3. The third kappa shape index (κ3) is 2.53. The molecule has 0 aromatic heterocycles. The number of nitrogens with zero attached hydrogens (tertiary/aromatic N) is 2. The van der Waals surface area contributed by atoms with Gasteiger partial charge in [-0.3, -0.25) is 0 Å². The molecule has 102 valence electrons. The van der Waals surface area contributed by atoms with Crippen LogP contribution in [0.3, 0.4) is 0 Å². The summed E-state index contributed by atoms with van der Waals surface area (Å²) < 4.78 is 5.50. The molecule has 2 rings (SSSR count). The molecule has 0 saturated heterocycles. The number of ether oxygens (including phenoxy) is 1. The van der Waals surface area contributed by atoms with E-state index >= 15 is 0 Å². The standard InChI is InChI=1S/C16H22N2O/c1-12-8-13(2)15(14(9-12)19-4)18(3)11-16(10-17)6-5-7-16/h8-9H,5-7,11H2,1-4H3. The molecule has 1 fully saturated rings. The number of benzene rings is 1. The first kappa shape index (κ1) is 13.7. The van der Waals surface area contributed by atoms with E-state index in [9.17, 15) is 5.26 Å². The Labute approximate surface area is 115 Å². The topological polar surface area (TPSA) is 36.3 Å². The van der Waals surface area contributed by atoms with E-state index < -0.39 is 0 Å². The van der Waals surface area contributed by atoms with Crippen molar-refractivity contribution in [2.75, 3.05) is 25.6 Å². The summed E-state index contributed by atoms with van der Waals surface area (Å²) in [4.78, 5) is 2.18. The lowest BCUT2D eigenvalue weighted by Gasteiger charge is -2.39. The number of rotatable bonds is 4. The maximum absolute atomic E-state index is 9.36. The highest BCUT2D eigenvalue weighted by Gasteiger charge is 2.38. The van der Waals surface area contributed by atoms with Gasteiger partial charge in [-0.1, -0.05) is 12.5 Å². The van der Waals surface area contributed by atoms with Crippen LogP contribution in [0.2, 0.25) is 0 Å². The Morgan fingerprint density at radius 2 is 2.05 bits per heavy atom. The monoisotopic (exact) mass is 258 g/mol. The van der Waals surface area contributed by atoms with Crippen molar-refractivity contribution in [2.24, 2.45) is 5.41 Å². The summed E-state index contributed by atoms with van der Waals surface area (Å²) in [5.41, 5.74) is 3.35. The highest BCUT2D eigenvalue weighted by Crippen LogP contribution is 2.43. The number of hydrogen-bond acceptors (Lipinski definition) is 3. The zero-order valence-electron chi connectivity index (χ0n) is 12.3. The van der Waals surface area contributed by atoms with Crippen LogP contribution >= 0.6 is 0 Å². The quantitative estimate of drug-likeness (QED) is 0.830. The molecule has 0 heterocycles. The van der Waals surface area contributed by atoms with Gasteiger partial charge >= 0.3 is 0 Å². The van der Waals surface area contributed by atoms with Crippen molar-refractivity contribution in [3.63, 3.8) is 0 Å². The number of aryl methyl sites for hydroxylation is 2. The normalized spacial score (nSPS) is 16.4. The maximum Gasteiger partial charge on any atom is 0.142 e. The van der Waals surface area contributed by atoms with E-state index in [0.717, 1.165) is 30.8 Å². The van der Waals surface area contributed by atoms with Crippen molar-refractivity contribution in [3.8, 4) is 11.8 Å². The van der Waals surface area contributed by atoms with Crippen LogP contribution in [-0.4, -0.2) is 20.7 Å². The van der Waals surface area contributed by atoms with Gasteiger partial charge in [0.1, 0.15) is 5.75 Å². The van der Waals surface area contributed by atoms with E-state index in [1.807, 2.05) is 0 Å². The van der Waals surface area contributed by atoms with Crippen LogP contribution in [0.25, 0.3) is 0 Å². The highest BCUT2D eigenvalue weighted by molar-refractivity contribution is 5.64. The molecule has 1 aliphatic carbocycles. The molecule has 1 aromatic carbocycles. The summed E-state index contributed by atoms with van der Waals surface area (Å²) >= 11 is 0. The van der Waals surface area contributed by atoms with Crippen molar-refractivity contribution in [3.05, 3.63) is 23.3 Å². The Morgan fingerprint density at radius 1 is 1.37 bits per heavy atom. The molecule has 0 amide bonds. The molecule has 19 heavy (non-hydrogen) atoms. The van der Waals surface area contributed by atoms with E-state index in [-0.39, 0.29) is 5.41 Å². The fourth-order valence-electron chi connectivity index (χ4n) is 3.01. The molecule has 0 atom stereocenters. The van der Waals surface area contributed by atoms with Gasteiger partial charge in [0.2, 0.25) is 0 Å². The molecular weight excluding hydrogens is 236 g/mol. The van der Waals surface area contributed by atoms with Gasteiger partial charge < -0.3 is 9.64 Å². The highest BCUT2D eigenvalue weighted by atomic mass is 16.5. The molecule has 3 nitrogen and oxygen atoms in total. The Balaban J connectivity index is 2.28. The smallest absolute Gasteiger partial charge is 0.142 e. The van der Waals surface area contributed by atoms with Gasteiger partial charge in [0.15, 0.2) is 0 Å². The van der Waals surface area contributed by atoms with Crippen LogP contribution in [-0.2, 0) is 0 Å². The molecule has 3 heteroatoms. The molecule has 1 aromatic rings. The fraction of sp³-hybridized carbons (Fsp3) is 0.562. The van der Waals surface area contributed by atoms with Crippen LogP contribution in [0.1, 0.15) is 30.4 Å². The average molecular weight is 258 g/mol. The van der Waals surface area contributed by atoms with E-state index in [2.05, 4.69) is 44.0 Å².